The van der Waals surface area contributed by atoms with E-state index >= 15 is 0 Å². The van der Waals surface area contributed by atoms with Crippen LogP contribution in [-0.4, -0.2) is 4.92 Å². The number of rotatable bonds is 1. The number of hydrogen-bond donors (Lipinski definition) is 0. The molecule has 72 valence electrons. The fourth-order valence-electron chi connectivity index (χ4n) is 0.599. The maximum atomic E-state index is 12.3. The van der Waals surface area contributed by atoms with E-state index in [4.69, 9.17) is 9.15 Å². The topological polar surface area (TPSA) is 43.1 Å². The van der Waals surface area contributed by atoms with Gasteiger partial charge in [0.25, 0.3) is 5.69 Å². The molecule has 0 aliphatic rings. The van der Waals surface area contributed by atoms with Crippen molar-refractivity contribution in [3.63, 3.8) is 0 Å². The summed E-state index contributed by atoms with van der Waals surface area (Å²) in [5.74, 6) is -2.30. The molecule has 0 spiro atoms. The summed E-state index contributed by atoms with van der Waals surface area (Å²) in [5, 5.41) is 9.98. The number of nitro groups is 1. The molecule has 1 aromatic carbocycles. The van der Waals surface area contributed by atoms with Crippen LogP contribution in [0.3, 0.4) is 0 Å². The quantitative estimate of drug-likeness (QED) is 0.394. The summed E-state index contributed by atoms with van der Waals surface area (Å²) in [6, 6.07) is 2.15. The summed E-state index contributed by atoms with van der Waals surface area (Å²) in [6.45, 7) is 0. The van der Waals surface area contributed by atoms with Crippen LogP contribution in [0.1, 0.15) is 0 Å². The van der Waals surface area contributed by atoms with Crippen LogP contribution in [0.25, 0.3) is 0 Å². The highest BCUT2D eigenvalue weighted by atomic mass is 20.0. The second-order valence-corrected chi connectivity index (χ2v) is 1.86. The van der Waals surface area contributed by atoms with Crippen LogP contribution in [-0.2, 0) is 0 Å². The second kappa shape index (κ2) is 5.07. The Hall–Kier alpha value is -1.66. The lowest BCUT2D eigenvalue weighted by Crippen LogP contribution is -1.90. The maximum absolute atomic E-state index is 12.3. The molecule has 0 radical (unpaired) electrons. The van der Waals surface area contributed by atoms with Gasteiger partial charge < -0.3 is 0 Å². The Morgan fingerprint density at radius 1 is 1.15 bits per heavy atom. The van der Waals surface area contributed by atoms with Crippen molar-refractivity contribution in [1.82, 2.24) is 0 Å². The predicted molar refractivity (Wildman–Crippen MR) is 35.2 cm³/mol. The summed E-state index contributed by atoms with van der Waals surface area (Å²) in [4.78, 5) is 9.19. The van der Waals surface area contributed by atoms with Crippen LogP contribution in [0.4, 0.5) is 23.6 Å². The highest BCUT2D eigenvalue weighted by molar-refractivity contribution is 5.30. The monoisotopic (exact) mass is 197 g/mol. The van der Waals surface area contributed by atoms with Gasteiger partial charge in [0.2, 0.25) is 0 Å². The number of nitrogens with zero attached hydrogens (tertiary/aromatic N) is 1. The average molecular weight is 197 g/mol. The van der Waals surface area contributed by atoms with Crippen molar-refractivity contribution in [1.29, 1.82) is 0 Å². The molecule has 0 aliphatic carbocycles. The lowest BCUT2D eigenvalue weighted by molar-refractivity contribution is -0.385. The minimum atomic E-state index is -1.21. The van der Waals surface area contributed by atoms with Crippen molar-refractivity contribution in [2.45, 2.75) is 0 Å². The number of halogens is 4. The molecule has 0 fully saturated rings. The average Bonchev–Trinajstić information content (AvgIpc) is 2.13. The van der Waals surface area contributed by atoms with Gasteiger partial charge in [-0.05, 0) is 6.07 Å². The van der Waals surface area contributed by atoms with Gasteiger partial charge >= 0.3 is 0 Å². The van der Waals surface area contributed by atoms with Crippen LogP contribution < -0.4 is 0 Å². The normalized spacial score (nSPS) is 8.62. The molecule has 0 unspecified atom stereocenters. The molecular weight excluding hydrogens is 194 g/mol. The summed E-state index contributed by atoms with van der Waals surface area (Å²) < 4.78 is 40.4. The van der Waals surface area contributed by atoms with Crippen molar-refractivity contribution in [3.05, 3.63) is 39.9 Å². The third-order valence-corrected chi connectivity index (χ3v) is 1.11. The van der Waals surface area contributed by atoms with Gasteiger partial charge in [0.1, 0.15) is 0 Å². The van der Waals surface area contributed by atoms with Crippen molar-refractivity contribution in [3.8, 4) is 0 Å². The van der Waals surface area contributed by atoms with Crippen LogP contribution in [0.2, 0.25) is 0 Å². The summed E-state index contributed by atoms with van der Waals surface area (Å²) >= 11 is 0. The molecule has 0 saturated carbocycles. The minimum absolute atomic E-state index is 0.455. The second-order valence-electron chi connectivity index (χ2n) is 1.86. The first-order chi connectivity index (χ1) is 6.11. The zero-order valence-electron chi connectivity index (χ0n) is 6.01. The van der Waals surface area contributed by atoms with Crippen LogP contribution in [0.5, 0.6) is 0 Å². The predicted octanol–water partition coefficient (Wildman–Crippen LogP) is 2.71. The Balaban J connectivity index is 0.000000671. The lowest BCUT2D eigenvalue weighted by Gasteiger charge is -1.91. The highest BCUT2D eigenvalue weighted by Crippen LogP contribution is 2.14. The number of hydrogen-bond acceptors (Lipinski definition) is 2. The van der Waals surface area contributed by atoms with E-state index < -0.39 is 22.2 Å². The van der Waals surface area contributed by atoms with Gasteiger partial charge in [0, 0.05) is 15.2 Å². The first kappa shape index (κ1) is 11.3. The molecule has 7 heteroatoms. The van der Waals surface area contributed by atoms with Gasteiger partial charge in [0.15, 0.2) is 11.6 Å². The number of benzene rings is 1. The lowest BCUT2D eigenvalue weighted by atomic mass is 10.3. The third-order valence-electron chi connectivity index (χ3n) is 1.11. The molecular formula is C6H3F4NO2. The summed E-state index contributed by atoms with van der Waals surface area (Å²) in [6.07, 6.45) is 0. The Kier molecular flexibility index (Phi) is 4.42. The first-order valence-corrected chi connectivity index (χ1v) is 2.85. The summed E-state index contributed by atoms with van der Waals surface area (Å²) in [7, 11) is 0. The van der Waals surface area contributed by atoms with Crippen LogP contribution >= 0.6 is 0 Å². The van der Waals surface area contributed by atoms with Gasteiger partial charge in [-0.1, -0.05) is 0 Å². The van der Waals surface area contributed by atoms with Crippen molar-refractivity contribution < 1.29 is 22.9 Å². The highest BCUT2D eigenvalue weighted by Gasteiger charge is 2.09. The van der Waals surface area contributed by atoms with Crippen molar-refractivity contribution in [2.75, 3.05) is 0 Å². The molecule has 0 N–H and O–H groups in total. The third kappa shape index (κ3) is 3.06. The molecule has 0 atom stereocenters. The number of non-ortho nitro benzene ring substituents is 1. The molecule has 1 aromatic rings. The molecule has 13 heavy (non-hydrogen) atoms. The van der Waals surface area contributed by atoms with E-state index in [1.807, 2.05) is 0 Å². The van der Waals surface area contributed by atoms with Gasteiger partial charge in [-0.2, -0.15) is 0 Å². The smallest absolute Gasteiger partial charge is 0.258 e. The number of nitro benzene ring substituents is 1. The molecule has 0 saturated heterocycles. The maximum Gasteiger partial charge on any atom is 0.272 e. The molecule has 0 aromatic heterocycles. The SMILES string of the molecule is FF.O=[N+]([O-])c1ccc(F)c(F)c1. The molecule has 1 rings (SSSR count). The van der Waals surface area contributed by atoms with Crippen LogP contribution in [0, 0.1) is 21.7 Å². The first-order valence-electron chi connectivity index (χ1n) is 2.85. The summed E-state index contributed by atoms with van der Waals surface area (Å²) in [5.41, 5.74) is -0.455. The van der Waals surface area contributed by atoms with Crippen molar-refractivity contribution in [2.24, 2.45) is 0 Å². The largest absolute Gasteiger partial charge is 0.272 e. The van der Waals surface area contributed by atoms with Gasteiger partial charge in [0.05, 0.1) is 11.0 Å². The van der Waals surface area contributed by atoms with E-state index in [9.17, 15) is 18.9 Å². The molecule has 0 heterocycles. The van der Waals surface area contributed by atoms with Gasteiger partial charge in [-0.3, -0.25) is 10.1 Å². The standard InChI is InChI=1S/C6H3F2NO2.F2/c7-5-2-1-4(9(10)11)3-6(5)8;1-2/h1-3H;. The fraction of sp³-hybridized carbons (Fsp3) is 0. The zero-order valence-corrected chi connectivity index (χ0v) is 6.01. The Bertz CT molecular complexity index is 305. The Morgan fingerprint density at radius 2 is 1.69 bits per heavy atom. The fourth-order valence-corrected chi connectivity index (χ4v) is 0.599. The Labute approximate surface area is 69.6 Å². The van der Waals surface area contributed by atoms with E-state index in [0.29, 0.717) is 12.1 Å². The molecule has 0 aliphatic heterocycles. The molecule has 3 nitrogen and oxygen atoms in total. The van der Waals surface area contributed by atoms with E-state index in [1.54, 1.807) is 0 Å². The minimum Gasteiger partial charge on any atom is -0.258 e. The van der Waals surface area contributed by atoms with E-state index in [1.165, 1.54) is 0 Å². The van der Waals surface area contributed by atoms with E-state index in [-0.39, 0.29) is 0 Å². The zero-order chi connectivity index (χ0) is 10.4. The van der Waals surface area contributed by atoms with Crippen molar-refractivity contribution >= 4 is 5.69 Å². The molecule has 0 amide bonds. The van der Waals surface area contributed by atoms with Gasteiger partial charge in [-0.15, -0.1) is 0 Å². The van der Waals surface area contributed by atoms with E-state index in [0.717, 1.165) is 6.07 Å². The van der Waals surface area contributed by atoms with Gasteiger partial charge in [-0.25, -0.2) is 8.78 Å². The molecule has 0 bridgehead atoms. The van der Waals surface area contributed by atoms with E-state index in [2.05, 4.69) is 0 Å². The Morgan fingerprint density at radius 3 is 2.08 bits per heavy atom. The van der Waals surface area contributed by atoms with Crippen LogP contribution in [0.15, 0.2) is 18.2 Å².